The average molecular weight is 395 g/mol. The second-order valence-electron chi connectivity index (χ2n) is 8.04. The SMILES string of the molecule is O=C(Nc1ccc(C(=O)N2CC3COCC3C2)cc1)N1Cc2ccc(F)cc2C1. The number of carbonyl (C=O) groups is 2. The van der Waals surface area contributed by atoms with Crippen molar-refractivity contribution in [3.05, 3.63) is 65.0 Å². The van der Waals surface area contributed by atoms with Crippen LogP contribution in [0.15, 0.2) is 42.5 Å². The summed E-state index contributed by atoms with van der Waals surface area (Å²) in [6.45, 7) is 3.82. The minimum atomic E-state index is -0.291. The molecule has 0 aromatic heterocycles. The molecule has 2 fully saturated rings. The van der Waals surface area contributed by atoms with Crippen LogP contribution >= 0.6 is 0 Å². The highest BCUT2D eigenvalue weighted by Crippen LogP contribution is 2.30. The van der Waals surface area contributed by atoms with E-state index in [1.54, 1.807) is 35.2 Å². The number of hydrogen-bond donors (Lipinski definition) is 1. The van der Waals surface area contributed by atoms with Gasteiger partial charge in [0.15, 0.2) is 0 Å². The quantitative estimate of drug-likeness (QED) is 0.850. The van der Waals surface area contributed by atoms with Gasteiger partial charge in [-0.15, -0.1) is 0 Å². The Morgan fingerprint density at radius 3 is 2.34 bits per heavy atom. The molecule has 3 aliphatic heterocycles. The van der Waals surface area contributed by atoms with Crippen LogP contribution in [0.25, 0.3) is 0 Å². The molecule has 0 saturated carbocycles. The van der Waals surface area contributed by atoms with Gasteiger partial charge in [-0.1, -0.05) is 6.07 Å². The van der Waals surface area contributed by atoms with Crippen LogP contribution in [-0.4, -0.2) is 48.0 Å². The zero-order valence-electron chi connectivity index (χ0n) is 15.9. The van der Waals surface area contributed by atoms with Crippen molar-refractivity contribution in [3.8, 4) is 0 Å². The molecule has 1 N–H and O–H groups in total. The molecule has 2 unspecified atom stereocenters. The summed E-state index contributed by atoms with van der Waals surface area (Å²) in [5.41, 5.74) is 3.04. The van der Waals surface area contributed by atoms with E-state index in [0.717, 1.165) is 37.4 Å². The van der Waals surface area contributed by atoms with Crippen LogP contribution in [-0.2, 0) is 17.8 Å². The number of carbonyl (C=O) groups excluding carboxylic acids is 2. The highest BCUT2D eigenvalue weighted by Gasteiger charge is 2.39. The fraction of sp³-hybridized carbons (Fsp3) is 0.364. The van der Waals surface area contributed by atoms with Gasteiger partial charge in [-0.05, 0) is 47.5 Å². The lowest BCUT2D eigenvalue weighted by atomic mass is 10.0. The van der Waals surface area contributed by atoms with Crippen molar-refractivity contribution in [2.24, 2.45) is 11.8 Å². The molecule has 3 amide bonds. The maximum atomic E-state index is 13.4. The zero-order valence-corrected chi connectivity index (χ0v) is 15.9. The fourth-order valence-corrected chi connectivity index (χ4v) is 4.44. The van der Waals surface area contributed by atoms with Gasteiger partial charge in [-0.25, -0.2) is 9.18 Å². The number of hydrogen-bond acceptors (Lipinski definition) is 3. The monoisotopic (exact) mass is 395 g/mol. The highest BCUT2D eigenvalue weighted by molar-refractivity contribution is 5.95. The molecular weight excluding hydrogens is 373 g/mol. The number of ether oxygens (including phenoxy) is 1. The molecule has 0 bridgehead atoms. The Balaban J connectivity index is 1.20. The van der Waals surface area contributed by atoms with E-state index < -0.39 is 0 Å². The topological polar surface area (TPSA) is 61.9 Å². The first-order valence-electron chi connectivity index (χ1n) is 9.87. The number of nitrogens with one attached hydrogen (secondary N) is 1. The van der Waals surface area contributed by atoms with E-state index in [2.05, 4.69) is 5.32 Å². The summed E-state index contributed by atoms with van der Waals surface area (Å²) in [5, 5.41) is 2.85. The summed E-state index contributed by atoms with van der Waals surface area (Å²) in [6.07, 6.45) is 0. The van der Waals surface area contributed by atoms with Crippen LogP contribution in [0.5, 0.6) is 0 Å². The van der Waals surface area contributed by atoms with E-state index >= 15 is 0 Å². The Bertz CT molecular complexity index is 950. The predicted octanol–water partition coefficient (Wildman–Crippen LogP) is 3.09. The third-order valence-electron chi connectivity index (χ3n) is 6.09. The van der Waals surface area contributed by atoms with Crippen LogP contribution in [0.2, 0.25) is 0 Å². The van der Waals surface area contributed by atoms with Crippen molar-refractivity contribution in [2.45, 2.75) is 13.1 Å². The Hall–Kier alpha value is -2.93. The minimum Gasteiger partial charge on any atom is -0.381 e. The first kappa shape index (κ1) is 18.1. The Kier molecular flexibility index (Phi) is 4.47. The van der Waals surface area contributed by atoms with Crippen molar-refractivity contribution in [2.75, 3.05) is 31.6 Å². The molecule has 2 aromatic carbocycles. The molecule has 0 radical (unpaired) electrons. The van der Waals surface area contributed by atoms with E-state index in [0.29, 0.717) is 36.2 Å². The Morgan fingerprint density at radius 2 is 1.62 bits per heavy atom. The fourth-order valence-electron chi connectivity index (χ4n) is 4.44. The van der Waals surface area contributed by atoms with Gasteiger partial charge in [-0.2, -0.15) is 0 Å². The molecular formula is C22H22FN3O3. The lowest BCUT2D eigenvalue weighted by Crippen LogP contribution is -2.31. The number of fused-ring (bicyclic) bond motifs is 2. The molecule has 2 saturated heterocycles. The second-order valence-corrected chi connectivity index (χ2v) is 8.04. The molecule has 6 nitrogen and oxygen atoms in total. The number of urea groups is 1. The summed E-state index contributed by atoms with van der Waals surface area (Å²) < 4.78 is 18.8. The van der Waals surface area contributed by atoms with Gasteiger partial charge in [-0.3, -0.25) is 4.79 Å². The van der Waals surface area contributed by atoms with E-state index in [-0.39, 0.29) is 17.8 Å². The second kappa shape index (κ2) is 7.15. The third-order valence-corrected chi connectivity index (χ3v) is 6.09. The Labute approximate surface area is 168 Å². The predicted molar refractivity (Wildman–Crippen MR) is 105 cm³/mol. The summed E-state index contributed by atoms with van der Waals surface area (Å²) in [6, 6.07) is 11.3. The molecule has 3 aliphatic rings. The maximum absolute atomic E-state index is 13.4. The van der Waals surface area contributed by atoms with Gasteiger partial charge in [0.1, 0.15) is 5.82 Å². The van der Waals surface area contributed by atoms with Gasteiger partial charge in [0, 0.05) is 49.3 Å². The number of benzene rings is 2. The van der Waals surface area contributed by atoms with Gasteiger partial charge in [0.25, 0.3) is 5.91 Å². The molecule has 2 atom stereocenters. The number of rotatable bonds is 2. The number of anilines is 1. The number of nitrogens with zero attached hydrogens (tertiary/aromatic N) is 2. The van der Waals surface area contributed by atoms with Crippen LogP contribution in [0.4, 0.5) is 14.9 Å². The molecule has 29 heavy (non-hydrogen) atoms. The van der Waals surface area contributed by atoms with Crippen molar-refractivity contribution in [1.82, 2.24) is 9.80 Å². The van der Waals surface area contributed by atoms with Gasteiger partial charge in [0.05, 0.1) is 13.2 Å². The van der Waals surface area contributed by atoms with E-state index in [1.165, 1.54) is 12.1 Å². The minimum absolute atomic E-state index is 0.0225. The summed E-state index contributed by atoms with van der Waals surface area (Å²) >= 11 is 0. The molecule has 2 aromatic rings. The molecule has 5 rings (SSSR count). The van der Waals surface area contributed by atoms with Crippen LogP contribution in [0.1, 0.15) is 21.5 Å². The van der Waals surface area contributed by atoms with Gasteiger partial charge >= 0.3 is 6.03 Å². The summed E-state index contributed by atoms with van der Waals surface area (Å²) in [7, 11) is 0. The largest absolute Gasteiger partial charge is 0.381 e. The number of likely N-dealkylation sites (tertiary alicyclic amines) is 1. The van der Waals surface area contributed by atoms with Crippen molar-refractivity contribution in [3.63, 3.8) is 0 Å². The van der Waals surface area contributed by atoms with E-state index in [1.807, 2.05) is 4.90 Å². The third kappa shape index (κ3) is 3.46. The van der Waals surface area contributed by atoms with Crippen LogP contribution < -0.4 is 5.32 Å². The number of amides is 3. The zero-order chi connectivity index (χ0) is 20.0. The molecule has 150 valence electrons. The van der Waals surface area contributed by atoms with E-state index in [9.17, 15) is 14.0 Å². The molecule has 3 heterocycles. The molecule has 0 aliphatic carbocycles. The number of halogens is 1. The normalized spacial score (nSPS) is 22.5. The van der Waals surface area contributed by atoms with Crippen molar-refractivity contribution < 1.29 is 18.7 Å². The van der Waals surface area contributed by atoms with Crippen LogP contribution in [0, 0.1) is 17.7 Å². The lowest BCUT2D eigenvalue weighted by molar-refractivity contribution is 0.0751. The lowest BCUT2D eigenvalue weighted by Gasteiger charge is -2.18. The smallest absolute Gasteiger partial charge is 0.322 e. The van der Waals surface area contributed by atoms with E-state index in [4.69, 9.17) is 4.74 Å². The standard InChI is InChI=1S/C22H22FN3O3/c23-19-4-1-15-8-26(9-16(15)7-19)22(28)24-20-5-2-14(3-6-20)21(27)25-10-17-12-29-13-18(17)11-25/h1-7,17-18H,8-13H2,(H,24,28). The van der Waals surface area contributed by atoms with Crippen molar-refractivity contribution in [1.29, 1.82) is 0 Å². The molecule has 7 heteroatoms. The Morgan fingerprint density at radius 1 is 0.931 bits per heavy atom. The average Bonchev–Trinajstić information content (AvgIpc) is 3.42. The maximum Gasteiger partial charge on any atom is 0.322 e. The summed E-state index contributed by atoms with van der Waals surface area (Å²) in [4.78, 5) is 28.8. The van der Waals surface area contributed by atoms with Gasteiger partial charge in [0.2, 0.25) is 0 Å². The van der Waals surface area contributed by atoms with Gasteiger partial charge < -0.3 is 19.9 Å². The first-order chi connectivity index (χ1) is 14.1. The first-order valence-corrected chi connectivity index (χ1v) is 9.87. The van der Waals surface area contributed by atoms with Crippen LogP contribution in [0.3, 0.4) is 0 Å². The molecule has 0 spiro atoms. The summed E-state index contributed by atoms with van der Waals surface area (Å²) in [5.74, 6) is 0.640. The van der Waals surface area contributed by atoms with Crippen molar-refractivity contribution >= 4 is 17.6 Å². The highest BCUT2D eigenvalue weighted by atomic mass is 19.1.